The van der Waals surface area contributed by atoms with Crippen LogP contribution in [0.1, 0.15) is 36.9 Å². The molecule has 2 aliphatic rings. The third-order valence-corrected chi connectivity index (χ3v) is 6.53. The minimum atomic E-state index is -3.58. The lowest BCUT2D eigenvalue weighted by molar-refractivity contribution is 0.137. The molecule has 2 aromatic rings. The van der Waals surface area contributed by atoms with Gasteiger partial charge in [-0.1, -0.05) is 0 Å². The number of hydrogen-bond donors (Lipinski definition) is 1. The van der Waals surface area contributed by atoms with Crippen molar-refractivity contribution in [3.63, 3.8) is 0 Å². The molecule has 0 unspecified atom stereocenters. The van der Waals surface area contributed by atoms with Crippen molar-refractivity contribution in [1.29, 1.82) is 5.26 Å². The molecule has 9 heteroatoms. The van der Waals surface area contributed by atoms with Crippen LogP contribution in [0.4, 0.5) is 0 Å². The Morgan fingerprint density at radius 2 is 1.96 bits per heavy atom. The number of ether oxygens (including phenoxy) is 2. The molecule has 1 aromatic carbocycles. The Hall–Kier alpha value is -2.70. The SMILES string of the molecule is N#Cc1nccnc1OC1CCC(NS(=O)(=O)c2ccc3c(c2)CCO3)CC1. The standard InChI is InChI=1S/C19H20N4O4S/c20-12-17-19(22-9-8-21-17)27-15-3-1-14(2-4-15)23-28(24,25)16-5-6-18-13(11-16)7-10-26-18/h5-6,8-9,11,14-15,23H,1-4,7,10H2. The monoisotopic (exact) mass is 400 g/mol. The summed E-state index contributed by atoms with van der Waals surface area (Å²) in [5.74, 6) is 0.992. The number of nitrogens with one attached hydrogen (secondary N) is 1. The number of benzene rings is 1. The predicted octanol–water partition coefficient (Wildman–Crippen LogP) is 1.95. The van der Waals surface area contributed by atoms with Crippen molar-refractivity contribution >= 4 is 10.0 Å². The summed E-state index contributed by atoms with van der Waals surface area (Å²) in [6.07, 6.45) is 6.20. The van der Waals surface area contributed by atoms with Gasteiger partial charge < -0.3 is 9.47 Å². The van der Waals surface area contributed by atoms with Crippen LogP contribution in [0.3, 0.4) is 0 Å². The van der Waals surface area contributed by atoms with Crippen molar-refractivity contribution < 1.29 is 17.9 Å². The molecule has 1 aliphatic heterocycles. The van der Waals surface area contributed by atoms with Gasteiger partial charge in [-0.3, -0.25) is 0 Å². The second kappa shape index (κ2) is 7.73. The molecule has 4 rings (SSSR count). The highest BCUT2D eigenvalue weighted by atomic mass is 32.2. The van der Waals surface area contributed by atoms with E-state index in [-0.39, 0.29) is 28.6 Å². The first kappa shape index (κ1) is 18.7. The summed E-state index contributed by atoms with van der Waals surface area (Å²) in [5.41, 5.74) is 1.09. The summed E-state index contributed by atoms with van der Waals surface area (Å²) in [4.78, 5) is 8.27. The van der Waals surface area contributed by atoms with Gasteiger partial charge in [0, 0.05) is 24.9 Å². The van der Waals surface area contributed by atoms with Gasteiger partial charge >= 0.3 is 0 Å². The summed E-state index contributed by atoms with van der Waals surface area (Å²) in [6, 6.07) is 6.81. The van der Waals surface area contributed by atoms with E-state index in [9.17, 15) is 8.42 Å². The lowest BCUT2D eigenvalue weighted by atomic mass is 9.94. The van der Waals surface area contributed by atoms with E-state index in [1.807, 2.05) is 6.07 Å². The molecular formula is C19H20N4O4S. The Morgan fingerprint density at radius 1 is 1.18 bits per heavy atom. The molecule has 0 spiro atoms. The molecule has 28 heavy (non-hydrogen) atoms. The molecule has 0 saturated heterocycles. The number of hydrogen-bond acceptors (Lipinski definition) is 7. The van der Waals surface area contributed by atoms with E-state index < -0.39 is 10.0 Å². The minimum Gasteiger partial charge on any atom is -0.493 e. The average Bonchev–Trinajstić information content (AvgIpc) is 3.17. The molecule has 1 saturated carbocycles. The van der Waals surface area contributed by atoms with E-state index >= 15 is 0 Å². The molecule has 1 fully saturated rings. The fraction of sp³-hybridized carbons (Fsp3) is 0.421. The van der Waals surface area contributed by atoms with Gasteiger partial charge in [0.05, 0.1) is 11.5 Å². The van der Waals surface area contributed by atoms with Crippen molar-refractivity contribution in [1.82, 2.24) is 14.7 Å². The zero-order chi connectivity index (χ0) is 19.6. The Kier molecular flexibility index (Phi) is 5.15. The summed E-state index contributed by atoms with van der Waals surface area (Å²) in [5, 5.41) is 9.07. The number of sulfonamides is 1. The maximum Gasteiger partial charge on any atom is 0.251 e. The molecule has 0 atom stereocenters. The normalized spacial score (nSPS) is 21.4. The molecule has 2 heterocycles. The molecule has 0 radical (unpaired) electrons. The molecule has 8 nitrogen and oxygen atoms in total. The number of rotatable bonds is 5. The summed E-state index contributed by atoms with van der Waals surface area (Å²) < 4.78 is 39.5. The topological polar surface area (TPSA) is 114 Å². The third kappa shape index (κ3) is 3.93. The van der Waals surface area contributed by atoms with Crippen LogP contribution in [0.15, 0.2) is 35.5 Å². The summed E-state index contributed by atoms with van der Waals surface area (Å²) in [6.45, 7) is 0.593. The van der Waals surface area contributed by atoms with Gasteiger partial charge in [-0.2, -0.15) is 5.26 Å². The highest BCUT2D eigenvalue weighted by molar-refractivity contribution is 7.89. The van der Waals surface area contributed by atoms with Gasteiger partial charge in [-0.05, 0) is 49.4 Å². The van der Waals surface area contributed by atoms with Crippen molar-refractivity contribution in [3.05, 3.63) is 41.9 Å². The third-order valence-electron chi connectivity index (χ3n) is 5.02. The summed E-state index contributed by atoms with van der Waals surface area (Å²) in [7, 11) is -3.58. The van der Waals surface area contributed by atoms with Crippen LogP contribution < -0.4 is 14.2 Å². The van der Waals surface area contributed by atoms with Crippen LogP contribution in [0.25, 0.3) is 0 Å². The highest BCUT2D eigenvalue weighted by Gasteiger charge is 2.28. The molecule has 1 aliphatic carbocycles. The van der Waals surface area contributed by atoms with E-state index in [2.05, 4.69) is 14.7 Å². The average molecular weight is 400 g/mol. The van der Waals surface area contributed by atoms with Gasteiger partial charge in [-0.25, -0.2) is 23.1 Å². The summed E-state index contributed by atoms with van der Waals surface area (Å²) >= 11 is 0. The smallest absolute Gasteiger partial charge is 0.251 e. The first-order valence-corrected chi connectivity index (χ1v) is 10.7. The molecule has 146 valence electrons. The molecular weight excluding hydrogens is 380 g/mol. The van der Waals surface area contributed by atoms with E-state index in [1.54, 1.807) is 18.2 Å². The van der Waals surface area contributed by atoms with Gasteiger partial charge in [0.15, 0.2) is 0 Å². The second-order valence-corrected chi connectivity index (χ2v) is 8.62. The van der Waals surface area contributed by atoms with Crippen molar-refractivity contribution in [2.45, 2.75) is 49.1 Å². The fourth-order valence-electron chi connectivity index (χ4n) is 3.56. The molecule has 0 amide bonds. The largest absolute Gasteiger partial charge is 0.493 e. The maximum atomic E-state index is 12.7. The van der Waals surface area contributed by atoms with Crippen molar-refractivity contribution in [3.8, 4) is 17.7 Å². The van der Waals surface area contributed by atoms with Gasteiger partial charge in [0.1, 0.15) is 17.9 Å². The second-order valence-electron chi connectivity index (χ2n) is 6.90. The predicted molar refractivity (Wildman–Crippen MR) is 99.4 cm³/mol. The quantitative estimate of drug-likeness (QED) is 0.816. The molecule has 1 N–H and O–H groups in total. The molecule has 0 bridgehead atoms. The van der Waals surface area contributed by atoms with E-state index in [1.165, 1.54) is 12.4 Å². The Bertz CT molecular complexity index is 1010. The lowest BCUT2D eigenvalue weighted by Crippen LogP contribution is -2.39. The zero-order valence-corrected chi connectivity index (χ0v) is 16.0. The van der Waals surface area contributed by atoms with E-state index in [4.69, 9.17) is 14.7 Å². The lowest BCUT2D eigenvalue weighted by Gasteiger charge is -2.29. The van der Waals surface area contributed by atoms with E-state index in [0.717, 1.165) is 17.7 Å². The van der Waals surface area contributed by atoms with Crippen LogP contribution in [0, 0.1) is 11.3 Å². The maximum absolute atomic E-state index is 12.7. The van der Waals surface area contributed by atoms with Crippen LogP contribution >= 0.6 is 0 Å². The number of nitriles is 1. The van der Waals surface area contributed by atoms with Crippen LogP contribution in [-0.4, -0.2) is 37.1 Å². The first-order chi connectivity index (χ1) is 13.5. The fourth-order valence-corrected chi connectivity index (χ4v) is 4.92. The van der Waals surface area contributed by atoms with Gasteiger partial charge in [0.2, 0.25) is 15.7 Å². The van der Waals surface area contributed by atoms with Crippen LogP contribution in [0.2, 0.25) is 0 Å². The van der Waals surface area contributed by atoms with Crippen LogP contribution in [0.5, 0.6) is 11.6 Å². The zero-order valence-electron chi connectivity index (χ0n) is 15.2. The van der Waals surface area contributed by atoms with Gasteiger partial charge in [-0.15, -0.1) is 0 Å². The molecule has 1 aromatic heterocycles. The van der Waals surface area contributed by atoms with Crippen molar-refractivity contribution in [2.24, 2.45) is 0 Å². The number of fused-ring (bicyclic) bond motifs is 1. The Balaban J connectivity index is 1.36. The van der Waals surface area contributed by atoms with Crippen LogP contribution in [-0.2, 0) is 16.4 Å². The van der Waals surface area contributed by atoms with E-state index in [0.29, 0.717) is 32.3 Å². The van der Waals surface area contributed by atoms with Gasteiger partial charge in [0.25, 0.3) is 5.88 Å². The number of nitrogens with zero attached hydrogens (tertiary/aromatic N) is 3. The Labute approximate surface area is 163 Å². The number of aromatic nitrogens is 2. The Morgan fingerprint density at radius 3 is 2.75 bits per heavy atom. The minimum absolute atomic E-state index is 0.110. The first-order valence-electron chi connectivity index (χ1n) is 9.21. The van der Waals surface area contributed by atoms with Crippen molar-refractivity contribution in [2.75, 3.05) is 6.61 Å². The highest BCUT2D eigenvalue weighted by Crippen LogP contribution is 2.29.